The van der Waals surface area contributed by atoms with Crippen LogP contribution in [0.4, 0.5) is 0 Å². The van der Waals surface area contributed by atoms with E-state index in [-0.39, 0.29) is 18.1 Å². The molecule has 0 saturated heterocycles. The van der Waals surface area contributed by atoms with Gasteiger partial charge in [-0.2, -0.15) is 0 Å². The molecule has 10 rings (SSSR count). The van der Waals surface area contributed by atoms with E-state index in [0.717, 1.165) is 20.8 Å². The summed E-state index contributed by atoms with van der Waals surface area (Å²) in [5, 5.41) is 6.10. The van der Waals surface area contributed by atoms with Gasteiger partial charge < -0.3 is 0 Å². The summed E-state index contributed by atoms with van der Waals surface area (Å²) >= 11 is 10.9. The molecule has 0 amide bonds. The van der Waals surface area contributed by atoms with Gasteiger partial charge in [0.2, 0.25) is 0 Å². The first kappa shape index (κ1) is 41.1. The molecule has 8 aromatic carbocycles. The minimum atomic E-state index is -3.26. The second-order valence-corrected chi connectivity index (χ2v) is 26.4. The maximum absolute atomic E-state index is 7.08. The van der Waals surface area contributed by atoms with Crippen LogP contribution in [-0.4, -0.2) is 3.21 Å². The van der Waals surface area contributed by atoms with Gasteiger partial charge in [0.15, 0.2) is 0 Å². The van der Waals surface area contributed by atoms with E-state index in [1.807, 2.05) is 0 Å². The number of benzene rings is 8. The van der Waals surface area contributed by atoms with Gasteiger partial charge in [-0.1, -0.05) is 0 Å². The first-order valence-electron chi connectivity index (χ1n) is 21.8. The Hall–Kier alpha value is -4.91. The Bertz CT molecular complexity index is 2950. The van der Waals surface area contributed by atoms with Crippen molar-refractivity contribution in [3.05, 3.63) is 225 Å². The number of allylic oxidation sites excluding steroid dienone is 4. The standard InChI is InChI=1S/C33H33.C21H12Cl2.C5H5.Zr/c1-32(2,3)30-20-26-24(18-28(30)22-13-9-7-10-14-22)17-25-19-29(23-15-11-8-12-16-23)31(21-27(25)26)33(4,5)6;22-20-11-9-14(16-5-1-3-7-18(16)20)13-15-10-12-21(23)19-8-4-2-6-17(15)19;1-2-4-5-3-1;/h7-21H,1-6H3;1-12H;1-5H;. The molecule has 0 unspecified atom stereocenters. The molecule has 0 saturated carbocycles. The predicted molar refractivity (Wildman–Crippen MR) is 265 cm³/mol. The van der Waals surface area contributed by atoms with Crippen molar-refractivity contribution in [1.29, 1.82) is 0 Å². The van der Waals surface area contributed by atoms with Crippen LogP contribution in [0.1, 0.15) is 78.5 Å². The molecule has 8 aromatic rings. The quantitative estimate of drug-likeness (QED) is 0.156. The molecule has 304 valence electrons. The van der Waals surface area contributed by atoms with Crippen molar-refractivity contribution in [2.45, 2.75) is 59.6 Å². The van der Waals surface area contributed by atoms with Crippen LogP contribution in [0.15, 0.2) is 182 Å². The summed E-state index contributed by atoms with van der Waals surface area (Å²) < 4.78 is 1.94. The Kier molecular flexibility index (Phi) is 10.6. The first-order valence-corrected chi connectivity index (χ1v) is 26.6. The van der Waals surface area contributed by atoms with E-state index in [2.05, 4.69) is 224 Å². The third-order valence-electron chi connectivity index (χ3n) is 13.1. The summed E-state index contributed by atoms with van der Waals surface area (Å²) in [6.07, 6.45) is 9.59. The van der Waals surface area contributed by atoms with E-state index in [4.69, 9.17) is 23.2 Å². The molecule has 0 heterocycles. The van der Waals surface area contributed by atoms with Crippen LogP contribution < -0.4 is 0 Å². The van der Waals surface area contributed by atoms with E-state index in [1.165, 1.54) is 80.7 Å². The van der Waals surface area contributed by atoms with Crippen molar-refractivity contribution in [3.63, 3.8) is 0 Å². The second-order valence-electron chi connectivity index (χ2n) is 19.0. The molecule has 0 fully saturated rings. The average molecular weight is 921 g/mol. The van der Waals surface area contributed by atoms with Crippen molar-refractivity contribution < 1.29 is 21.3 Å². The minimum absolute atomic E-state index is 0.0878. The number of hydrogen-bond donors (Lipinski definition) is 0. The second kappa shape index (κ2) is 16.0. The Labute approximate surface area is 384 Å². The van der Waals surface area contributed by atoms with Gasteiger partial charge in [-0.15, -0.1) is 0 Å². The van der Waals surface area contributed by atoms with Gasteiger partial charge in [0.05, 0.1) is 0 Å². The van der Waals surface area contributed by atoms with Gasteiger partial charge in [-0.05, 0) is 0 Å². The fourth-order valence-electron chi connectivity index (χ4n) is 10.2. The molecule has 2 aliphatic rings. The summed E-state index contributed by atoms with van der Waals surface area (Å²) in [6, 6.07) is 58.9. The normalized spacial score (nSPS) is 13.9. The molecule has 2 aliphatic carbocycles. The molecule has 62 heavy (non-hydrogen) atoms. The topological polar surface area (TPSA) is 0 Å². The first-order chi connectivity index (χ1) is 29.9. The van der Waals surface area contributed by atoms with E-state index < -0.39 is 21.3 Å². The van der Waals surface area contributed by atoms with Crippen molar-refractivity contribution in [2.24, 2.45) is 0 Å². The summed E-state index contributed by atoms with van der Waals surface area (Å²) in [5.74, 6) is 0. The van der Waals surface area contributed by atoms with Crippen molar-refractivity contribution in [1.82, 2.24) is 0 Å². The van der Waals surface area contributed by atoms with Gasteiger partial charge >= 0.3 is 388 Å². The van der Waals surface area contributed by atoms with E-state index in [0.29, 0.717) is 0 Å². The van der Waals surface area contributed by atoms with Crippen LogP contribution in [-0.2, 0) is 32.1 Å². The molecule has 0 aliphatic heterocycles. The number of halogens is 2. The molecule has 0 spiro atoms. The molecular weight excluding hydrogens is 871 g/mol. The summed E-state index contributed by atoms with van der Waals surface area (Å²) in [5.41, 5.74) is 16.0. The van der Waals surface area contributed by atoms with Gasteiger partial charge in [0.25, 0.3) is 0 Å². The number of hydrogen-bond acceptors (Lipinski definition) is 0. The Morgan fingerprint density at radius 1 is 0.435 bits per heavy atom. The number of rotatable bonds is 6. The van der Waals surface area contributed by atoms with Crippen LogP contribution in [0, 0.1) is 0 Å². The monoisotopic (exact) mass is 918 g/mol. The van der Waals surface area contributed by atoms with Crippen molar-refractivity contribution in [3.8, 4) is 33.4 Å². The van der Waals surface area contributed by atoms with Crippen LogP contribution in [0.3, 0.4) is 0 Å². The zero-order valence-electron chi connectivity index (χ0n) is 36.2. The third-order valence-corrected chi connectivity index (χ3v) is 22.2. The predicted octanol–water partition coefficient (Wildman–Crippen LogP) is 17.1. The average Bonchev–Trinajstić information content (AvgIpc) is 3.92. The Balaban J connectivity index is 1.43. The van der Waals surface area contributed by atoms with Crippen LogP contribution >= 0.6 is 23.2 Å². The summed E-state index contributed by atoms with van der Waals surface area (Å²) in [6.45, 7) is 14.2. The Morgan fingerprint density at radius 3 is 1.23 bits per heavy atom. The summed E-state index contributed by atoms with van der Waals surface area (Å²) in [4.78, 5) is 0. The molecule has 0 N–H and O–H groups in total. The van der Waals surface area contributed by atoms with Crippen LogP contribution in [0.5, 0.6) is 0 Å². The van der Waals surface area contributed by atoms with Gasteiger partial charge in [0, 0.05) is 0 Å². The maximum atomic E-state index is 7.08. The van der Waals surface area contributed by atoms with Gasteiger partial charge in [-0.25, -0.2) is 0 Å². The van der Waals surface area contributed by atoms with E-state index >= 15 is 0 Å². The molecular formula is C59H50Cl2Zr. The molecule has 0 radical (unpaired) electrons. The van der Waals surface area contributed by atoms with Gasteiger partial charge in [0.1, 0.15) is 0 Å². The fraction of sp³-hybridized carbons (Fsp3) is 0.169. The summed E-state index contributed by atoms with van der Waals surface area (Å²) in [7, 11) is 0. The SMILES string of the molecule is CC(C)(C)c1cc2c(cc1-c1ccccc1)[CH]([Zr](=[C](c1ccc(Cl)c3ccccc13)c1ccc(Cl)c3ccccc13)[CH]1C=CC=C1)c1cc(-c3ccccc3)c(C(C)(C)C)cc1-2. The van der Waals surface area contributed by atoms with Gasteiger partial charge in [-0.3, -0.25) is 0 Å². The molecule has 0 atom stereocenters. The fourth-order valence-corrected chi connectivity index (χ4v) is 20.1. The van der Waals surface area contributed by atoms with Crippen molar-refractivity contribution in [2.75, 3.05) is 0 Å². The zero-order valence-corrected chi connectivity index (χ0v) is 40.2. The zero-order chi connectivity index (χ0) is 42.9. The molecule has 3 heteroatoms. The van der Waals surface area contributed by atoms with Crippen molar-refractivity contribution >= 4 is 48.0 Å². The molecule has 0 nitrogen and oxygen atoms in total. The van der Waals surface area contributed by atoms with Crippen LogP contribution in [0.2, 0.25) is 13.7 Å². The number of fused-ring (bicyclic) bond motifs is 5. The van der Waals surface area contributed by atoms with E-state index in [9.17, 15) is 0 Å². The van der Waals surface area contributed by atoms with Crippen LogP contribution in [0.25, 0.3) is 54.9 Å². The molecule has 0 bridgehead atoms. The third kappa shape index (κ3) is 7.16. The molecule has 0 aromatic heterocycles. The van der Waals surface area contributed by atoms with E-state index in [1.54, 1.807) is 0 Å². The Morgan fingerprint density at radius 2 is 0.823 bits per heavy atom.